The van der Waals surface area contributed by atoms with Gasteiger partial charge in [-0.1, -0.05) is 36.4 Å². The van der Waals surface area contributed by atoms with Gasteiger partial charge in [0.1, 0.15) is 5.01 Å². The number of allylic oxidation sites excluding steroid dienone is 1. The van der Waals surface area contributed by atoms with Crippen LogP contribution in [0.2, 0.25) is 0 Å². The molecule has 1 amide bonds. The van der Waals surface area contributed by atoms with Crippen LogP contribution in [0.4, 0.5) is 5.69 Å². The van der Waals surface area contributed by atoms with E-state index < -0.39 is 6.29 Å². The number of amides is 1. The summed E-state index contributed by atoms with van der Waals surface area (Å²) in [6, 6.07) is 24.0. The SMILES string of the molecule is CCO[C@H]1OC(C(=O)Nc2ccc(-c3nc4ccc(C)cc4s3)cc2)=C[C@@H](c2ccccc2)[C@H]1CCOCCOCCO. The number of aliphatic hydroxyl groups excluding tert-OH is 1. The van der Waals surface area contributed by atoms with E-state index in [4.69, 9.17) is 29.0 Å². The predicted octanol–water partition coefficient (Wildman–Crippen LogP) is 6.30. The fraction of sp³-hybridized carbons (Fsp3) is 0.353. The molecular weight excluding hydrogens is 564 g/mol. The van der Waals surface area contributed by atoms with Crippen LogP contribution in [-0.4, -0.2) is 61.9 Å². The van der Waals surface area contributed by atoms with Crippen LogP contribution in [0.5, 0.6) is 0 Å². The van der Waals surface area contributed by atoms with Crippen molar-refractivity contribution in [3.8, 4) is 10.6 Å². The van der Waals surface area contributed by atoms with E-state index in [1.54, 1.807) is 11.3 Å². The molecule has 0 saturated carbocycles. The number of ether oxygens (including phenoxy) is 4. The van der Waals surface area contributed by atoms with Crippen LogP contribution in [0.3, 0.4) is 0 Å². The monoisotopic (exact) mass is 602 g/mol. The summed E-state index contributed by atoms with van der Waals surface area (Å²) in [4.78, 5) is 18.2. The molecule has 2 heterocycles. The molecule has 4 aromatic rings. The van der Waals surface area contributed by atoms with Crippen molar-refractivity contribution < 1.29 is 28.8 Å². The number of nitrogens with one attached hydrogen (secondary N) is 1. The highest BCUT2D eigenvalue weighted by Crippen LogP contribution is 2.39. The molecule has 43 heavy (non-hydrogen) atoms. The molecule has 0 unspecified atom stereocenters. The van der Waals surface area contributed by atoms with Crippen LogP contribution in [0.1, 0.15) is 30.4 Å². The molecular formula is C34H38N2O6S. The van der Waals surface area contributed by atoms with E-state index in [9.17, 15) is 4.79 Å². The number of carbonyl (C=O) groups excluding carboxylic acids is 1. The van der Waals surface area contributed by atoms with Gasteiger partial charge in [-0.2, -0.15) is 0 Å². The highest BCUT2D eigenvalue weighted by atomic mass is 32.1. The van der Waals surface area contributed by atoms with Gasteiger partial charge in [-0.05, 0) is 73.9 Å². The van der Waals surface area contributed by atoms with Crippen LogP contribution >= 0.6 is 11.3 Å². The summed E-state index contributed by atoms with van der Waals surface area (Å²) in [5.74, 6) is -0.266. The van der Waals surface area contributed by atoms with Crippen molar-refractivity contribution in [2.75, 3.05) is 45.0 Å². The van der Waals surface area contributed by atoms with E-state index in [1.807, 2.05) is 61.5 Å². The molecule has 8 nitrogen and oxygen atoms in total. The van der Waals surface area contributed by atoms with Crippen LogP contribution in [0.25, 0.3) is 20.8 Å². The number of aryl methyl sites for hydroxylation is 1. The van der Waals surface area contributed by atoms with Crippen molar-refractivity contribution in [1.82, 2.24) is 4.98 Å². The highest BCUT2D eigenvalue weighted by Gasteiger charge is 2.38. The lowest BCUT2D eigenvalue weighted by molar-refractivity contribution is -0.166. The quantitative estimate of drug-likeness (QED) is 0.163. The third-order valence-corrected chi connectivity index (χ3v) is 8.33. The van der Waals surface area contributed by atoms with Crippen molar-refractivity contribution in [1.29, 1.82) is 0 Å². The number of fused-ring (bicyclic) bond motifs is 1. The molecule has 5 rings (SSSR count). The van der Waals surface area contributed by atoms with E-state index in [2.05, 4.69) is 36.5 Å². The van der Waals surface area contributed by atoms with Gasteiger partial charge in [0.2, 0.25) is 6.29 Å². The van der Waals surface area contributed by atoms with Crippen molar-refractivity contribution in [2.45, 2.75) is 32.5 Å². The first kappa shape index (κ1) is 30.8. The van der Waals surface area contributed by atoms with Crippen molar-refractivity contribution in [3.63, 3.8) is 0 Å². The van der Waals surface area contributed by atoms with Gasteiger partial charge in [-0.15, -0.1) is 11.3 Å². The van der Waals surface area contributed by atoms with Gasteiger partial charge in [-0.3, -0.25) is 4.79 Å². The van der Waals surface area contributed by atoms with Crippen LogP contribution in [0.15, 0.2) is 84.6 Å². The summed E-state index contributed by atoms with van der Waals surface area (Å²) in [6.45, 7) is 6.07. The second-order valence-electron chi connectivity index (χ2n) is 10.3. The standard InChI is InChI=1S/C34H38N2O6S/c1-3-41-34-27(15-17-39-19-20-40-18-16-37)28(24-7-5-4-6-8-24)22-30(42-34)32(38)35-26-12-10-25(11-13-26)33-36-29-14-9-23(2)21-31(29)43-33/h4-14,21-22,27-28,34,37H,3,15-20H2,1-2H3,(H,35,38)/t27-,28+,34+/m1/s1. The normalized spacial score (nSPS) is 18.3. The van der Waals surface area contributed by atoms with Crippen LogP contribution in [0, 0.1) is 12.8 Å². The summed E-state index contributed by atoms with van der Waals surface area (Å²) in [7, 11) is 0. The first-order valence-electron chi connectivity index (χ1n) is 14.7. The topological polar surface area (TPSA) is 99.1 Å². The number of aliphatic hydroxyl groups is 1. The maximum absolute atomic E-state index is 13.5. The molecule has 0 aliphatic carbocycles. The maximum atomic E-state index is 13.5. The van der Waals surface area contributed by atoms with E-state index in [1.165, 1.54) is 5.56 Å². The molecule has 1 aromatic heterocycles. The van der Waals surface area contributed by atoms with Gasteiger partial charge in [0.25, 0.3) is 5.91 Å². The largest absolute Gasteiger partial charge is 0.459 e. The Bertz CT molecular complexity index is 1500. The number of hydrogen-bond acceptors (Lipinski definition) is 8. The summed E-state index contributed by atoms with van der Waals surface area (Å²) >= 11 is 1.66. The van der Waals surface area contributed by atoms with Gasteiger partial charge < -0.3 is 29.4 Å². The number of anilines is 1. The molecule has 0 fully saturated rings. The second kappa shape index (κ2) is 15.2. The summed E-state index contributed by atoms with van der Waals surface area (Å²) < 4.78 is 24.4. The number of rotatable bonds is 14. The minimum Gasteiger partial charge on any atom is -0.459 e. The number of benzene rings is 3. The second-order valence-corrected chi connectivity index (χ2v) is 11.4. The lowest BCUT2D eigenvalue weighted by atomic mass is 9.81. The molecule has 9 heteroatoms. The molecule has 0 spiro atoms. The zero-order chi connectivity index (χ0) is 30.0. The van der Waals surface area contributed by atoms with E-state index >= 15 is 0 Å². The minimum atomic E-state index is -0.611. The fourth-order valence-corrected chi connectivity index (χ4v) is 6.21. The Kier molecular flexibility index (Phi) is 10.9. The van der Waals surface area contributed by atoms with Crippen molar-refractivity contribution in [2.24, 2.45) is 5.92 Å². The number of thiazole rings is 1. The summed E-state index contributed by atoms with van der Waals surface area (Å²) in [6.07, 6.45) is 1.95. The van der Waals surface area contributed by atoms with Gasteiger partial charge in [0.15, 0.2) is 5.76 Å². The molecule has 1 aliphatic rings. The Morgan fingerprint density at radius 2 is 1.77 bits per heavy atom. The van der Waals surface area contributed by atoms with Crippen molar-refractivity contribution in [3.05, 3.63) is 95.8 Å². The summed E-state index contributed by atoms with van der Waals surface area (Å²) in [5, 5.41) is 12.8. The fourth-order valence-electron chi connectivity index (χ4n) is 5.14. The maximum Gasteiger partial charge on any atom is 0.290 e. The van der Waals surface area contributed by atoms with Crippen LogP contribution in [-0.2, 0) is 23.7 Å². The molecule has 0 saturated heterocycles. The number of carbonyl (C=O) groups is 1. The Labute approximate surface area is 256 Å². The van der Waals surface area contributed by atoms with E-state index in [0.29, 0.717) is 45.1 Å². The number of aromatic nitrogens is 1. The number of nitrogens with zero attached hydrogens (tertiary/aromatic N) is 1. The zero-order valence-corrected chi connectivity index (χ0v) is 25.3. The lowest BCUT2D eigenvalue weighted by Crippen LogP contribution is -2.38. The molecule has 0 bridgehead atoms. The van der Waals surface area contributed by atoms with Gasteiger partial charge in [-0.25, -0.2) is 4.98 Å². The Morgan fingerprint density at radius 1 is 1.00 bits per heavy atom. The Morgan fingerprint density at radius 3 is 2.51 bits per heavy atom. The third-order valence-electron chi connectivity index (χ3n) is 7.26. The Balaban J connectivity index is 1.29. The Hall–Kier alpha value is -3.60. The minimum absolute atomic E-state index is 0.00825. The molecule has 226 valence electrons. The number of hydrogen-bond donors (Lipinski definition) is 2. The highest BCUT2D eigenvalue weighted by molar-refractivity contribution is 7.21. The first-order valence-corrected chi connectivity index (χ1v) is 15.5. The average Bonchev–Trinajstić information content (AvgIpc) is 3.45. The molecule has 0 radical (unpaired) electrons. The smallest absolute Gasteiger partial charge is 0.290 e. The van der Waals surface area contributed by atoms with Crippen molar-refractivity contribution >= 4 is 33.1 Å². The van der Waals surface area contributed by atoms with Gasteiger partial charge in [0.05, 0.1) is 36.6 Å². The molecule has 1 aliphatic heterocycles. The lowest BCUT2D eigenvalue weighted by Gasteiger charge is -2.37. The summed E-state index contributed by atoms with van der Waals surface area (Å²) in [5.41, 5.74) is 4.93. The average molecular weight is 603 g/mol. The van der Waals surface area contributed by atoms with Gasteiger partial charge >= 0.3 is 0 Å². The predicted molar refractivity (Wildman–Crippen MR) is 169 cm³/mol. The molecule has 3 atom stereocenters. The van der Waals surface area contributed by atoms with Crippen LogP contribution < -0.4 is 5.32 Å². The van der Waals surface area contributed by atoms with E-state index in [0.717, 1.165) is 26.4 Å². The first-order chi connectivity index (χ1) is 21.1. The van der Waals surface area contributed by atoms with E-state index in [-0.39, 0.29) is 30.1 Å². The molecule has 2 N–H and O–H groups in total. The molecule has 3 aromatic carbocycles. The zero-order valence-electron chi connectivity index (χ0n) is 24.5. The van der Waals surface area contributed by atoms with Gasteiger partial charge in [0, 0.05) is 36.3 Å². The third kappa shape index (κ3) is 8.07.